The number of rotatable bonds is 4. The molecule has 2 N–H and O–H groups in total. The minimum absolute atomic E-state index is 0.157. The molecule has 1 nitrogen and oxygen atoms in total. The van der Waals surface area contributed by atoms with Crippen LogP contribution in [0, 0.1) is 5.82 Å². The second-order valence-electron chi connectivity index (χ2n) is 3.50. The Hall–Kier alpha value is -0.0600. The van der Waals surface area contributed by atoms with Gasteiger partial charge in [0.15, 0.2) is 0 Å². The van der Waals surface area contributed by atoms with E-state index >= 15 is 0 Å². The van der Waals surface area contributed by atoms with Crippen molar-refractivity contribution in [2.45, 2.75) is 24.2 Å². The van der Waals surface area contributed by atoms with Crippen LogP contribution in [0.4, 0.5) is 4.39 Å². The monoisotopic (exact) mass is 291 g/mol. The van der Waals surface area contributed by atoms with Crippen LogP contribution in [0.15, 0.2) is 21.5 Å². The maximum absolute atomic E-state index is 13.6. The molecule has 4 heteroatoms. The van der Waals surface area contributed by atoms with Gasteiger partial charge in [0.2, 0.25) is 0 Å². The number of hydrogen-bond acceptors (Lipinski definition) is 2. The molecule has 1 unspecified atom stereocenters. The maximum atomic E-state index is 13.6. The van der Waals surface area contributed by atoms with Gasteiger partial charge in [0.05, 0.1) is 4.90 Å². The van der Waals surface area contributed by atoms with Crippen molar-refractivity contribution in [3.63, 3.8) is 0 Å². The van der Waals surface area contributed by atoms with Crippen LogP contribution >= 0.6 is 27.7 Å². The first kappa shape index (κ1) is 13.0. The van der Waals surface area contributed by atoms with E-state index in [9.17, 15) is 4.39 Å². The Balaban J connectivity index is 3.02. The SMILES string of the molecule is CSc1c(F)cc(C(C)CCN)cc1Br. The highest BCUT2D eigenvalue weighted by Crippen LogP contribution is 2.32. The van der Waals surface area contributed by atoms with Crippen molar-refractivity contribution in [1.29, 1.82) is 0 Å². The summed E-state index contributed by atoms with van der Waals surface area (Å²) in [6, 6.07) is 3.59. The first-order chi connectivity index (χ1) is 7.10. The normalized spacial score (nSPS) is 12.9. The Kier molecular flexibility index (Phi) is 5.09. The molecule has 15 heavy (non-hydrogen) atoms. The molecule has 0 saturated heterocycles. The molecular weight excluding hydrogens is 277 g/mol. The molecule has 1 atom stereocenters. The van der Waals surface area contributed by atoms with Crippen LogP contribution in [0.5, 0.6) is 0 Å². The van der Waals surface area contributed by atoms with Gasteiger partial charge < -0.3 is 5.73 Å². The van der Waals surface area contributed by atoms with Crippen LogP contribution in [0.25, 0.3) is 0 Å². The summed E-state index contributed by atoms with van der Waals surface area (Å²) in [4.78, 5) is 0.665. The first-order valence-electron chi connectivity index (χ1n) is 4.83. The van der Waals surface area contributed by atoms with Gasteiger partial charge in [0.25, 0.3) is 0 Å². The van der Waals surface area contributed by atoms with Crippen molar-refractivity contribution in [1.82, 2.24) is 0 Å². The number of hydrogen-bond donors (Lipinski definition) is 1. The van der Waals surface area contributed by atoms with Crippen LogP contribution in [0.3, 0.4) is 0 Å². The van der Waals surface area contributed by atoms with E-state index in [2.05, 4.69) is 22.9 Å². The molecule has 1 aromatic rings. The van der Waals surface area contributed by atoms with Crippen molar-refractivity contribution in [2.75, 3.05) is 12.8 Å². The molecule has 1 rings (SSSR count). The summed E-state index contributed by atoms with van der Waals surface area (Å²) in [5, 5.41) is 0. The van der Waals surface area contributed by atoms with E-state index in [1.165, 1.54) is 11.8 Å². The fourth-order valence-corrected chi connectivity index (χ4v) is 2.92. The average Bonchev–Trinajstić information content (AvgIpc) is 2.17. The van der Waals surface area contributed by atoms with Crippen LogP contribution in [-0.2, 0) is 0 Å². The molecule has 0 heterocycles. The van der Waals surface area contributed by atoms with Gasteiger partial charge in [-0.3, -0.25) is 0 Å². The molecular formula is C11H15BrFNS. The summed E-state index contributed by atoms with van der Waals surface area (Å²) in [5.41, 5.74) is 6.49. The molecule has 0 aliphatic carbocycles. The third-order valence-corrected chi connectivity index (χ3v) is 4.10. The Labute approximate surface area is 103 Å². The van der Waals surface area contributed by atoms with Gasteiger partial charge in [-0.25, -0.2) is 4.39 Å². The molecule has 1 aromatic carbocycles. The highest BCUT2D eigenvalue weighted by molar-refractivity contribution is 9.10. The zero-order chi connectivity index (χ0) is 11.4. The minimum atomic E-state index is -0.157. The van der Waals surface area contributed by atoms with Gasteiger partial charge in [-0.05, 0) is 58.8 Å². The molecule has 0 bridgehead atoms. The van der Waals surface area contributed by atoms with Crippen LogP contribution in [-0.4, -0.2) is 12.8 Å². The summed E-state index contributed by atoms with van der Waals surface area (Å²) in [6.45, 7) is 2.69. The summed E-state index contributed by atoms with van der Waals surface area (Å²) in [5.74, 6) is 0.146. The quantitative estimate of drug-likeness (QED) is 0.855. The molecule has 84 valence electrons. The number of benzene rings is 1. The van der Waals surface area contributed by atoms with Gasteiger partial charge in [-0.15, -0.1) is 11.8 Å². The van der Waals surface area contributed by atoms with E-state index in [4.69, 9.17) is 5.73 Å². The predicted octanol–water partition coefficient (Wildman–Crippen LogP) is 3.76. The highest BCUT2D eigenvalue weighted by Gasteiger charge is 2.12. The second-order valence-corrected chi connectivity index (χ2v) is 5.17. The standard InChI is InChI=1S/C11H15BrFNS/c1-7(3-4-14)8-5-9(12)11(15-2)10(13)6-8/h5-7H,3-4,14H2,1-2H3. The first-order valence-corrected chi connectivity index (χ1v) is 6.85. The topological polar surface area (TPSA) is 26.0 Å². The zero-order valence-electron chi connectivity index (χ0n) is 8.89. The Morgan fingerprint density at radius 3 is 2.67 bits per heavy atom. The second kappa shape index (κ2) is 5.87. The lowest BCUT2D eigenvalue weighted by Gasteiger charge is -2.13. The molecule has 0 aliphatic rings. The highest BCUT2D eigenvalue weighted by atomic mass is 79.9. The van der Waals surface area contributed by atoms with Crippen LogP contribution in [0.2, 0.25) is 0 Å². The molecule has 0 aromatic heterocycles. The summed E-state index contributed by atoms with van der Waals surface area (Å²) in [6.07, 6.45) is 2.75. The summed E-state index contributed by atoms with van der Waals surface area (Å²) in [7, 11) is 0. The van der Waals surface area contributed by atoms with Crippen molar-refractivity contribution < 1.29 is 4.39 Å². The van der Waals surface area contributed by atoms with E-state index in [0.717, 1.165) is 16.5 Å². The molecule has 0 saturated carbocycles. The van der Waals surface area contributed by atoms with Crippen LogP contribution in [0.1, 0.15) is 24.8 Å². The van der Waals surface area contributed by atoms with Gasteiger partial charge in [-0.1, -0.05) is 6.92 Å². The lowest BCUT2D eigenvalue weighted by molar-refractivity contribution is 0.591. The number of thioether (sulfide) groups is 1. The van der Waals surface area contributed by atoms with Gasteiger partial charge in [0, 0.05) is 4.47 Å². The lowest BCUT2D eigenvalue weighted by Crippen LogP contribution is -2.05. The third-order valence-electron chi connectivity index (χ3n) is 2.39. The third kappa shape index (κ3) is 3.20. The van der Waals surface area contributed by atoms with E-state index in [1.807, 2.05) is 12.3 Å². The summed E-state index contributed by atoms with van der Waals surface area (Å²) >= 11 is 4.79. The fraction of sp³-hybridized carbons (Fsp3) is 0.455. The maximum Gasteiger partial charge on any atom is 0.138 e. The summed E-state index contributed by atoms with van der Waals surface area (Å²) < 4.78 is 14.5. The van der Waals surface area contributed by atoms with Crippen molar-refractivity contribution in [3.8, 4) is 0 Å². The fourth-order valence-electron chi connectivity index (χ4n) is 1.48. The Morgan fingerprint density at radius 1 is 1.53 bits per heavy atom. The van der Waals surface area contributed by atoms with E-state index in [1.54, 1.807) is 6.07 Å². The number of nitrogens with two attached hydrogens (primary N) is 1. The molecule has 0 radical (unpaired) electrons. The smallest absolute Gasteiger partial charge is 0.138 e. The van der Waals surface area contributed by atoms with Crippen molar-refractivity contribution >= 4 is 27.7 Å². The van der Waals surface area contributed by atoms with E-state index in [-0.39, 0.29) is 5.82 Å². The van der Waals surface area contributed by atoms with E-state index in [0.29, 0.717) is 17.4 Å². The van der Waals surface area contributed by atoms with Gasteiger partial charge >= 0.3 is 0 Å². The Bertz CT molecular complexity index is 320. The largest absolute Gasteiger partial charge is 0.330 e. The van der Waals surface area contributed by atoms with Crippen LogP contribution < -0.4 is 5.73 Å². The molecule has 0 fully saturated rings. The molecule has 0 aliphatic heterocycles. The molecule has 0 amide bonds. The number of halogens is 2. The predicted molar refractivity (Wildman–Crippen MR) is 68.0 cm³/mol. The van der Waals surface area contributed by atoms with Gasteiger partial charge in [-0.2, -0.15) is 0 Å². The lowest BCUT2D eigenvalue weighted by atomic mass is 9.98. The van der Waals surface area contributed by atoms with Crippen molar-refractivity contribution in [3.05, 3.63) is 28.0 Å². The van der Waals surface area contributed by atoms with Crippen molar-refractivity contribution in [2.24, 2.45) is 5.73 Å². The van der Waals surface area contributed by atoms with E-state index < -0.39 is 0 Å². The Morgan fingerprint density at radius 2 is 2.20 bits per heavy atom. The average molecular weight is 292 g/mol. The zero-order valence-corrected chi connectivity index (χ0v) is 11.3. The minimum Gasteiger partial charge on any atom is -0.330 e. The molecule has 0 spiro atoms. The van der Waals surface area contributed by atoms with Gasteiger partial charge in [0.1, 0.15) is 5.82 Å².